The van der Waals surface area contributed by atoms with E-state index in [-0.39, 0.29) is 0 Å². The van der Waals surface area contributed by atoms with Gasteiger partial charge in [0.05, 0.1) is 6.61 Å². The van der Waals surface area contributed by atoms with E-state index < -0.39 is 0 Å². The van der Waals surface area contributed by atoms with Gasteiger partial charge in [0, 0.05) is 18.7 Å². The first-order valence-corrected chi connectivity index (χ1v) is 4.87. The topological polar surface area (TPSA) is 31.4 Å². The average Bonchev–Trinajstić information content (AvgIpc) is 2.30. The van der Waals surface area contributed by atoms with Crippen molar-refractivity contribution in [2.45, 2.75) is 0 Å². The van der Waals surface area contributed by atoms with Crippen molar-refractivity contribution in [3.63, 3.8) is 0 Å². The fourth-order valence-electron chi connectivity index (χ4n) is 1.43. The van der Waals surface area contributed by atoms with Crippen LogP contribution in [-0.4, -0.2) is 25.3 Å². The normalized spacial score (nSPS) is 10.5. The summed E-state index contributed by atoms with van der Waals surface area (Å²) < 4.78 is 10.5. The molecule has 0 spiro atoms. The van der Waals surface area contributed by atoms with Crippen molar-refractivity contribution in [3.8, 4) is 5.75 Å². The first-order chi connectivity index (χ1) is 7.42. The molecule has 0 saturated carbocycles. The van der Waals surface area contributed by atoms with Gasteiger partial charge in [0.15, 0.2) is 0 Å². The molecule has 15 heavy (non-hydrogen) atoms. The lowest BCUT2D eigenvalue weighted by Gasteiger charge is -2.07. The van der Waals surface area contributed by atoms with E-state index in [0.717, 1.165) is 16.7 Å². The number of methoxy groups -OCH3 is 1. The molecule has 0 unspecified atom stereocenters. The van der Waals surface area contributed by atoms with E-state index in [2.05, 4.69) is 4.98 Å². The molecule has 0 amide bonds. The van der Waals surface area contributed by atoms with Gasteiger partial charge in [-0.15, -0.1) is 0 Å². The van der Waals surface area contributed by atoms with Crippen LogP contribution in [0.3, 0.4) is 0 Å². The van der Waals surface area contributed by atoms with Crippen molar-refractivity contribution in [2.75, 3.05) is 20.3 Å². The lowest BCUT2D eigenvalue weighted by atomic mass is 10.2. The van der Waals surface area contributed by atoms with Gasteiger partial charge in [-0.1, -0.05) is 18.2 Å². The zero-order chi connectivity index (χ0) is 10.5. The predicted octanol–water partition coefficient (Wildman–Crippen LogP) is 2.26. The van der Waals surface area contributed by atoms with Crippen LogP contribution >= 0.6 is 0 Å². The molecular weight excluding hydrogens is 190 g/mol. The minimum Gasteiger partial charge on any atom is -0.489 e. The molecule has 3 nitrogen and oxygen atoms in total. The van der Waals surface area contributed by atoms with Crippen molar-refractivity contribution in [3.05, 3.63) is 36.5 Å². The van der Waals surface area contributed by atoms with Gasteiger partial charge >= 0.3 is 0 Å². The van der Waals surface area contributed by atoms with E-state index in [1.54, 1.807) is 13.3 Å². The minimum absolute atomic E-state index is 0.548. The summed E-state index contributed by atoms with van der Waals surface area (Å²) in [5.41, 5.74) is 0.899. The number of ether oxygens (including phenoxy) is 2. The van der Waals surface area contributed by atoms with Gasteiger partial charge in [-0.25, -0.2) is 0 Å². The monoisotopic (exact) mass is 203 g/mol. The van der Waals surface area contributed by atoms with Crippen molar-refractivity contribution in [2.24, 2.45) is 0 Å². The smallest absolute Gasteiger partial charge is 0.145 e. The molecule has 0 aliphatic heterocycles. The van der Waals surface area contributed by atoms with E-state index in [1.165, 1.54) is 0 Å². The SMILES string of the molecule is COCCOc1cccc2cccnc12. The molecule has 0 saturated heterocycles. The van der Waals surface area contributed by atoms with Crippen LogP contribution in [0.15, 0.2) is 36.5 Å². The van der Waals surface area contributed by atoms with Gasteiger partial charge in [0.25, 0.3) is 0 Å². The molecule has 0 aliphatic carbocycles. The Balaban J connectivity index is 2.26. The molecule has 78 valence electrons. The van der Waals surface area contributed by atoms with Crippen LogP contribution in [0.5, 0.6) is 5.75 Å². The molecule has 0 bridgehead atoms. The van der Waals surface area contributed by atoms with E-state index in [1.807, 2.05) is 30.3 Å². The quantitative estimate of drug-likeness (QED) is 0.714. The maximum absolute atomic E-state index is 5.57. The largest absolute Gasteiger partial charge is 0.489 e. The van der Waals surface area contributed by atoms with Gasteiger partial charge in [-0.05, 0) is 12.1 Å². The van der Waals surface area contributed by atoms with Gasteiger partial charge in [0.1, 0.15) is 17.9 Å². The summed E-state index contributed by atoms with van der Waals surface area (Å²) in [6.07, 6.45) is 1.77. The number of nitrogens with zero attached hydrogens (tertiary/aromatic N) is 1. The number of fused-ring (bicyclic) bond motifs is 1. The van der Waals surface area contributed by atoms with Crippen LogP contribution in [0, 0.1) is 0 Å². The number of rotatable bonds is 4. The van der Waals surface area contributed by atoms with Crippen molar-refractivity contribution < 1.29 is 9.47 Å². The average molecular weight is 203 g/mol. The van der Waals surface area contributed by atoms with Gasteiger partial charge in [0.2, 0.25) is 0 Å². The molecule has 1 aromatic heterocycles. The molecule has 3 heteroatoms. The summed E-state index contributed by atoms with van der Waals surface area (Å²) in [5, 5.41) is 1.09. The minimum atomic E-state index is 0.548. The Hall–Kier alpha value is -1.61. The third-order valence-corrected chi connectivity index (χ3v) is 2.14. The van der Waals surface area contributed by atoms with Gasteiger partial charge in [-0.2, -0.15) is 0 Å². The Bertz CT molecular complexity index is 437. The second-order valence-electron chi connectivity index (χ2n) is 3.17. The molecule has 0 aliphatic rings. The molecule has 1 heterocycles. The summed E-state index contributed by atoms with van der Waals surface area (Å²) >= 11 is 0. The Kier molecular flexibility index (Phi) is 3.15. The van der Waals surface area contributed by atoms with Crippen LogP contribution in [-0.2, 0) is 4.74 Å². The Morgan fingerprint density at radius 2 is 2.00 bits per heavy atom. The standard InChI is InChI=1S/C12H13NO2/c1-14-8-9-15-11-6-2-4-10-5-3-7-13-12(10)11/h2-7H,8-9H2,1H3. The van der Waals surface area contributed by atoms with Crippen molar-refractivity contribution in [1.29, 1.82) is 0 Å². The lowest BCUT2D eigenvalue weighted by molar-refractivity contribution is 0.147. The number of benzene rings is 1. The number of aromatic nitrogens is 1. The summed E-state index contributed by atoms with van der Waals surface area (Å²) in [7, 11) is 1.66. The zero-order valence-electron chi connectivity index (χ0n) is 8.64. The second-order valence-corrected chi connectivity index (χ2v) is 3.17. The maximum atomic E-state index is 5.57. The van der Waals surface area contributed by atoms with Gasteiger partial charge in [-0.3, -0.25) is 4.98 Å². The van der Waals surface area contributed by atoms with E-state index in [4.69, 9.17) is 9.47 Å². The second kappa shape index (κ2) is 4.75. The molecule has 1 aromatic carbocycles. The van der Waals surface area contributed by atoms with E-state index in [9.17, 15) is 0 Å². The van der Waals surface area contributed by atoms with Crippen LogP contribution in [0.4, 0.5) is 0 Å². The summed E-state index contributed by atoms with van der Waals surface area (Å²) in [4.78, 5) is 4.29. The van der Waals surface area contributed by atoms with E-state index >= 15 is 0 Å². The third kappa shape index (κ3) is 2.25. The predicted molar refractivity (Wildman–Crippen MR) is 59.1 cm³/mol. The molecule has 0 N–H and O–H groups in total. The maximum Gasteiger partial charge on any atom is 0.145 e. The molecule has 0 radical (unpaired) electrons. The number of pyridine rings is 1. The van der Waals surface area contributed by atoms with E-state index in [0.29, 0.717) is 13.2 Å². The lowest BCUT2D eigenvalue weighted by Crippen LogP contribution is -2.04. The number of hydrogen-bond donors (Lipinski definition) is 0. The number of para-hydroxylation sites is 1. The third-order valence-electron chi connectivity index (χ3n) is 2.14. The van der Waals surface area contributed by atoms with Crippen LogP contribution in [0.1, 0.15) is 0 Å². The van der Waals surface area contributed by atoms with Crippen molar-refractivity contribution >= 4 is 10.9 Å². The first kappa shape index (κ1) is 9.93. The Morgan fingerprint density at radius 1 is 1.13 bits per heavy atom. The molecule has 0 fully saturated rings. The van der Waals surface area contributed by atoms with Crippen LogP contribution in [0.25, 0.3) is 10.9 Å². The fourth-order valence-corrected chi connectivity index (χ4v) is 1.43. The summed E-state index contributed by atoms with van der Waals surface area (Å²) in [6, 6.07) is 9.84. The first-order valence-electron chi connectivity index (χ1n) is 4.87. The molecular formula is C12H13NO2. The highest BCUT2D eigenvalue weighted by molar-refractivity contribution is 5.84. The Labute approximate surface area is 88.7 Å². The van der Waals surface area contributed by atoms with Crippen molar-refractivity contribution in [1.82, 2.24) is 4.98 Å². The summed E-state index contributed by atoms with van der Waals surface area (Å²) in [6.45, 7) is 1.13. The molecule has 2 rings (SSSR count). The summed E-state index contributed by atoms with van der Waals surface area (Å²) in [5.74, 6) is 0.810. The number of hydrogen-bond acceptors (Lipinski definition) is 3. The highest BCUT2D eigenvalue weighted by atomic mass is 16.5. The highest BCUT2D eigenvalue weighted by Crippen LogP contribution is 2.22. The van der Waals surface area contributed by atoms with Gasteiger partial charge < -0.3 is 9.47 Å². The molecule has 2 aromatic rings. The van der Waals surface area contributed by atoms with Crippen LogP contribution < -0.4 is 4.74 Å². The van der Waals surface area contributed by atoms with Crippen LogP contribution in [0.2, 0.25) is 0 Å². The molecule has 0 atom stereocenters. The fraction of sp³-hybridized carbons (Fsp3) is 0.250. The Morgan fingerprint density at radius 3 is 2.87 bits per heavy atom. The zero-order valence-corrected chi connectivity index (χ0v) is 8.64. The highest BCUT2D eigenvalue weighted by Gasteiger charge is 2.01.